The van der Waals surface area contributed by atoms with Crippen LogP contribution in [0, 0.1) is 5.21 Å². The zero-order valence-corrected chi connectivity index (χ0v) is 5.64. The van der Waals surface area contributed by atoms with Crippen molar-refractivity contribution in [2.75, 3.05) is 0 Å². The molecule has 0 saturated carbocycles. The lowest BCUT2D eigenvalue weighted by molar-refractivity contribution is -0.642. The fraction of sp³-hybridized carbons (Fsp3) is 0. The van der Waals surface area contributed by atoms with Crippen molar-refractivity contribution < 1.29 is 4.85 Å². The second-order valence-electron chi connectivity index (χ2n) is 2.11. The molecule has 4 heteroatoms. The van der Waals surface area contributed by atoms with Crippen molar-refractivity contribution >= 4 is 11.0 Å². The molecule has 0 radical (unpaired) electrons. The lowest BCUT2D eigenvalue weighted by Gasteiger charge is -1.94. The number of fused-ring (bicyclic) bond motifs is 1. The van der Waals surface area contributed by atoms with Gasteiger partial charge in [0, 0.05) is 17.4 Å². The van der Waals surface area contributed by atoms with Gasteiger partial charge in [-0.15, -0.1) is 0 Å². The largest absolute Gasteiger partial charge is 0.594 e. The van der Waals surface area contributed by atoms with Crippen LogP contribution in [0.1, 0.15) is 0 Å². The minimum Gasteiger partial charge on any atom is -0.594 e. The molecular formula is C7H5N3O. The maximum Gasteiger partial charge on any atom is 0.270 e. The molecule has 4 nitrogen and oxygen atoms in total. The van der Waals surface area contributed by atoms with E-state index in [-0.39, 0.29) is 0 Å². The molecule has 54 valence electrons. The molecule has 2 aromatic rings. The highest BCUT2D eigenvalue weighted by molar-refractivity contribution is 5.69. The van der Waals surface area contributed by atoms with Crippen molar-refractivity contribution in [3.63, 3.8) is 0 Å². The molecule has 0 N–H and O–H groups in total. The first kappa shape index (κ1) is 6.03. The minimum atomic E-state index is 0.495. The molecule has 0 aromatic carbocycles. The molecule has 0 aliphatic heterocycles. The first-order valence-corrected chi connectivity index (χ1v) is 3.17. The number of nitrogens with zero attached hydrogens (tertiary/aromatic N) is 3. The molecule has 0 bridgehead atoms. The summed E-state index contributed by atoms with van der Waals surface area (Å²) in [5.74, 6) is 0. The van der Waals surface area contributed by atoms with Gasteiger partial charge in [-0.25, -0.2) is 4.98 Å². The van der Waals surface area contributed by atoms with Gasteiger partial charge in [-0.05, 0) is 17.0 Å². The standard InChI is InChI=1S/C7H5N3O/c11-10-7-2-1-4-8-6(7)3-5-9-10/h1-5H. The Balaban J connectivity index is 2.91. The first-order chi connectivity index (χ1) is 5.38. The van der Waals surface area contributed by atoms with Crippen molar-refractivity contribution in [2.45, 2.75) is 0 Å². The summed E-state index contributed by atoms with van der Waals surface area (Å²) in [6.45, 7) is 0. The molecule has 0 unspecified atom stereocenters. The first-order valence-electron chi connectivity index (χ1n) is 3.17. The highest BCUT2D eigenvalue weighted by Crippen LogP contribution is 2.01. The molecule has 0 fully saturated rings. The topological polar surface area (TPSA) is 52.7 Å². The van der Waals surface area contributed by atoms with Gasteiger partial charge in [0.1, 0.15) is 5.52 Å². The summed E-state index contributed by atoms with van der Waals surface area (Å²) in [4.78, 5) is 4.54. The molecule has 0 aliphatic carbocycles. The van der Waals surface area contributed by atoms with Crippen molar-refractivity contribution in [1.82, 2.24) is 10.1 Å². The normalized spacial score (nSPS) is 10.2. The average molecular weight is 147 g/mol. The third kappa shape index (κ3) is 0.881. The molecular weight excluding hydrogens is 142 g/mol. The predicted molar refractivity (Wildman–Crippen MR) is 38.5 cm³/mol. The number of aromatic nitrogens is 3. The Morgan fingerprint density at radius 2 is 2.18 bits per heavy atom. The second-order valence-corrected chi connectivity index (χ2v) is 2.11. The van der Waals surface area contributed by atoms with Crippen molar-refractivity contribution in [2.24, 2.45) is 0 Å². The summed E-state index contributed by atoms with van der Waals surface area (Å²) < 4.78 is 0. The molecule has 2 aromatic heterocycles. The second kappa shape index (κ2) is 2.16. The molecule has 11 heavy (non-hydrogen) atoms. The average Bonchev–Trinajstić information content (AvgIpc) is 2.06. The third-order valence-corrected chi connectivity index (χ3v) is 1.43. The van der Waals surface area contributed by atoms with E-state index in [0.29, 0.717) is 15.9 Å². The van der Waals surface area contributed by atoms with E-state index >= 15 is 0 Å². The van der Waals surface area contributed by atoms with Crippen molar-refractivity contribution in [1.29, 1.82) is 0 Å². The smallest absolute Gasteiger partial charge is 0.270 e. The number of hydrogen-bond donors (Lipinski definition) is 0. The summed E-state index contributed by atoms with van der Waals surface area (Å²) in [7, 11) is 0. The van der Waals surface area contributed by atoms with Crippen LogP contribution in [0.3, 0.4) is 0 Å². The zero-order valence-electron chi connectivity index (χ0n) is 5.64. The van der Waals surface area contributed by atoms with Gasteiger partial charge < -0.3 is 5.21 Å². The zero-order chi connectivity index (χ0) is 7.68. The highest BCUT2D eigenvalue weighted by Gasteiger charge is 2.01. The fourth-order valence-electron chi connectivity index (χ4n) is 0.926. The van der Waals surface area contributed by atoms with E-state index in [0.717, 1.165) is 0 Å². The lowest BCUT2D eigenvalue weighted by atomic mass is 10.3. The Bertz CT molecular complexity index is 383. The monoisotopic (exact) mass is 147 g/mol. The van der Waals surface area contributed by atoms with Gasteiger partial charge in [-0.1, -0.05) is 0 Å². The van der Waals surface area contributed by atoms with Gasteiger partial charge in [-0.3, -0.25) is 0 Å². The third-order valence-electron chi connectivity index (χ3n) is 1.43. The molecule has 0 amide bonds. The van der Waals surface area contributed by atoms with E-state index < -0.39 is 0 Å². The predicted octanol–water partition coefficient (Wildman–Crippen LogP) is 0.263. The van der Waals surface area contributed by atoms with Crippen LogP contribution < -0.4 is 4.85 Å². The van der Waals surface area contributed by atoms with Crippen LogP contribution in [0.25, 0.3) is 11.0 Å². The SMILES string of the molecule is [O-][n+]1nccc2ncccc21. The quantitative estimate of drug-likeness (QED) is 0.397. The van der Waals surface area contributed by atoms with Gasteiger partial charge in [0.05, 0.1) is 6.20 Å². The number of pyridine rings is 1. The molecule has 2 rings (SSSR count). The van der Waals surface area contributed by atoms with E-state index in [1.807, 2.05) is 0 Å². The Kier molecular flexibility index (Phi) is 1.18. The summed E-state index contributed by atoms with van der Waals surface area (Å²) in [6.07, 6.45) is 3.07. The van der Waals surface area contributed by atoms with Crippen LogP contribution in [0.4, 0.5) is 0 Å². The summed E-state index contributed by atoms with van der Waals surface area (Å²) in [6, 6.07) is 5.09. The molecule has 0 spiro atoms. The summed E-state index contributed by atoms with van der Waals surface area (Å²) in [5.41, 5.74) is 1.16. The summed E-state index contributed by atoms with van der Waals surface area (Å²) in [5, 5.41) is 14.5. The van der Waals surface area contributed by atoms with Gasteiger partial charge in [0.2, 0.25) is 0 Å². The van der Waals surface area contributed by atoms with Crippen LogP contribution in [0.5, 0.6) is 0 Å². The van der Waals surface area contributed by atoms with Crippen LogP contribution >= 0.6 is 0 Å². The van der Waals surface area contributed by atoms with E-state index in [1.165, 1.54) is 6.20 Å². The van der Waals surface area contributed by atoms with Gasteiger partial charge in [-0.2, -0.15) is 0 Å². The van der Waals surface area contributed by atoms with Crippen molar-refractivity contribution in [3.8, 4) is 0 Å². The van der Waals surface area contributed by atoms with E-state index in [4.69, 9.17) is 0 Å². The fourth-order valence-corrected chi connectivity index (χ4v) is 0.926. The van der Waals surface area contributed by atoms with Crippen LogP contribution in [0.2, 0.25) is 0 Å². The molecule has 0 aliphatic rings. The highest BCUT2D eigenvalue weighted by atomic mass is 16.5. The lowest BCUT2D eigenvalue weighted by Crippen LogP contribution is -2.31. The Labute approximate surface area is 62.7 Å². The number of hydrogen-bond acceptors (Lipinski definition) is 3. The maximum absolute atomic E-state index is 10.9. The van der Waals surface area contributed by atoms with Crippen LogP contribution in [-0.4, -0.2) is 10.1 Å². The molecule has 0 saturated heterocycles. The Hall–Kier alpha value is -1.71. The van der Waals surface area contributed by atoms with Crippen LogP contribution in [0.15, 0.2) is 30.6 Å². The van der Waals surface area contributed by atoms with E-state index in [2.05, 4.69) is 10.1 Å². The van der Waals surface area contributed by atoms with Gasteiger partial charge in [0.25, 0.3) is 5.52 Å². The number of rotatable bonds is 0. The molecule has 0 atom stereocenters. The Morgan fingerprint density at radius 3 is 3.00 bits per heavy atom. The van der Waals surface area contributed by atoms with E-state index in [9.17, 15) is 5.21 Å². The summed E-state index contributed by atoms with van der Waals surface area (Å²) >= 11 is 0. The molecule has 2 heterocycles. The van der Waals surface area contributed by atoms with Crippen LogP contribution in [-0.2, 0) is 0 Å². The van der Waals surface area contributed by atoms with Crippen molar-refractivity contribution in [3.05, 3.63) is 35.8 Å². The van der Waals surface area contributed by atoms with E-state index in [1.54, 1.807) is 24.4 Å². The Morgan fingerprint density at radius 1 is 1.27 bits per heavy atom. The minimum absolute atomic E-state index is 0.495. The van der Waals surface area contributed by atoms with Gasteiger partial charge in [0.15, 0.2) is 0 Å². The van der Waals surface area contributed by atoms with Gasteiger partial charge >= 0.3 is 0 Å². The maximum atomic E-state index is 10.9.